The lowest BCUT2D eigenvalue weighted by Crippen LogP contribution is -2.29. The predicted octanol–water partition coefficient (Wildman–Crippen LogP) is 1.76. The standard InChI is InChI=1S/C14H23N3O2/c18-9-4-2-1-3-8-17-14(19)10-13(11-15-17)16-12-6-5-7-12/h10-12,16,18H,1-9H2. The Kier molecular flexibility index (Phi) is 5.39. The number of aryl methyl sites for hydroxylation is 1. The maximum absolute atomic E-state index is 11.9. The average molecular weight is 265 g/mol. The molecule has 2 N–H and O–H groups in total. The first-order chi connectivity index (χ1) is 9.29. The van der Waals surface area contributed by atoms with Gasteiger partial charge in [0.15, 0.2) is 0 Å². The summed E-state index contributed by atoms with van der Waals surface area (Å²) in [4.78, 5) is 11.9. The molecular weight excluding hydrogens is 242 g/mol. The van der Waals surface area contributed by atoms with Crippen molar-refractivity contribution in [2.75, 3.05) is 11.9 Å². The molecule has 1 aromatic rings. The van der Waals surface area contributed by atoms with Gasteiger partial charge >= 0.3 is 0 Å². The van der Waals surface area contributed by atoms with Gasteiger partial charge in [0, 0.05) is 25.3 Å². The van der Waals surface area contributed by atoms with Crippen LogP contribution in [0.4, 0.5) is 5.69 Å². The van der Waals surface area contributed by atoms with Crippen LogP contribution >= 0.6 is 0 Å². The first kappa shape index (κ1) is 14.1. The summed E-state index contributed by atoms with van der Waals surface area (Å²) in [5, 5.41) is 16.2. The Morgan fingerprint density at radius 3 is 2.74 bits per heavy atom. The van der Waals surface area contributed by atoms with Gasteiger partial charge in [-0.05, 0) is 32.1 Å². The molecule has 1 saturated carbocycles. The van der Waals surface area contributed by atoms with E-state index in [0.29, 0.717) is 12.6 Å². The summed E-state index contributed by atoms with van der Waals surface area (Å²) in [7, 11) is 0. The SMILES string of the molecule is O=c1cc(NC2CCC2)cnn1CCCCCCO. The van der Waals surface area contributed by atoms with Gasteiger partial charge in [-0.3, -0.25) is 4.79 Å². The van der Waals surface area contributed by atoms with Crippen molar-refractivity contribution in [1.82, 2.24) is 9.78 Å². The Bertz CT molecular complexity index is 441. The second-order valence-electron chi connectivity index (χ2n) is 5.22. The zero-order chi connectivity index (χ0) is 13.5. The van der Waals surface area contributed by atoms with Gasteiger partial charge in [0.1, 0.15) is 0 Å². The quantitative estimate of drug-likeness (QED) is 0.703. The first-order valence-corrected chi connectivity index (χ1v) is 7.24. The van der Waals surface area contributed by atoms with Crippen molar-refractivity contribution in [2.24, 2.45) is 0 Å². The van der Waals surface area contributed by atoms with Crippen LogP contribution in [0.1, 0.15) is 44.9 Å². The third kappa shape index (κ3) is 4.35. The van der Waals surface area contributed by atoms with Crippen molar-refractivity contribution < 1.29 is 5.11 Å². The molecule has 106 valence electrons. The average Bonchev–Trinajstić information content (AvgIpc) is 2.36. The molecule has 0 unspecified atom stereocenters. The van der Waals surface area contributed by atoms with Gasteiger partial charge in [-0.1, -0.05) is 12.8 Å². The number of aliphatic hydroxyl groups excluding tert-OH is 1. The highest BCUT2D eigenvalue weighted by molar-refractivity contribution is 5.40. The topological polar surface area (TPSA) is 67.2 Å². The van der Waals surface area contributed by atoms with Crippen molar-refractivity contribution >= 4 is 5.69 Å². The fourth-order valence-electron chi connectivity index (χ4n) is 2.20. The normalized spacial score (nSPS) is 15.2. The minimum absolute atomic E-state index is 0.0357. The number of anilines is 1. The molecule has 1 aromatic heterocycles. The summed E-state index contributed by atoms with van der Waals surface area (Å²) in [5.74, 6) is 0. The zero-order valence-corrected chi connectivity index (χ0v) is 11.3. The summed E-state index contributed by atoms with van der Waals surface area (Å²) < 4.78 is 1.52. The van der Waals surface area contributed by atoms with Crippen LogP contribution in [-0.4, -0.2) is 27.5 Å². The molecule has 0 spiro atoms. The predicted molar refractivity (Wildman–Crippen MR) is 75.3 cm³/mol. The highest BCUT2D eigenvalue weighted by Gasteiger charge is 2.17. The van der Waals surface area contributed by atoms with Gasteiger partial charge in [0.2, 0.25) is 0 Å². The lowest BCUT2D eigenvalue weighted by molar-refractivity contribution is 0.282. The van der Waals surface area contributed by atoms with Crippen molar-refractivity contribution in [2.45, 2.75) is 57.5 Å². The van der Waals surface area contributed by atoms with Gasteiger partial charge in [0.05, 0.1) is 11.9 Å². The van der Waals surface area contributed by atoms with Crippen molar-refractivity contribution in [3.63, 3.8) is 0 Å². The van der Waals surface area contributed by atoms with Crippen LogP contribution < -0.4 is 10.9 Å². The molecule has 19 heavy (non-hydrogen) atoms. The van der Waals surface area contributed by atoms with E-state index in [9.17, 15) is 4.79 Å². The third-order valence-corrected chi connectivity index (χ3v) is 3.62. The molecule has 0 aromatic carbocycles. The van der Waals surface area contributed by atoms with Crippen LogP contribution in [0.3, 0.4) is 0 Å². The maximum Gasteiger partial charge on any atom is 0.268 e. The summed E-state index contributed by atoms with van der Waals surface area (Å²) >= 11 is 0. The summed E-state index contributed by atoms with van der Waals surface area (Å²) in [6.45, 7) is 0.910. The van der Waals surface area contributed by atoms with Crippen LogP contribution in [0.2, 0.25) is 0 Å². The Morgan fingerprint density at radius 2 is 2.11 bits per heavy atom. The summed E-state index contributed by atoms with van der Waals surface area (Å²) in [5.41, 5.74) is 0.803. The number of nitrogens with one attached hydrogen (secondary N) is 1. The number of hydrogen-bond acceptors (Lipinski definition) is 4. The molecule has 5 nitrogen and oxygen atoms in total. The van der Waals surface area contributed by atoms with E-state index in [1.54, 1.807) is 12.3 Å². The molecule has 0 saturated heterocycles. The van der Waals surface area contributed by atoms with E-state index >= 15 is 0 Å². The lowest BCUT2D eigenvalue weighted by atomic mass is 9.93. The van der Waals surface area contributed by atoms with Crippen LogP contribution in [-0.2, 0) is 6.54 Å². The molecule has 0 radical (unpaired) electrons. The fourth-order valence-corrected chi connectivity index (χ4v) is 2.20. The van der Waals surface area contributed by atoms with E-state index in [4.69, 9.17) is 5.11 Å². The molecule has 5 heteroatoms. The van der Waals surface area contributed by atoms with Gasteiger partial charge in [-0.2, -0.15) is 5.10 Å². The minimum Gasteiger partial charge on any atom is -0.396 e. The molecule has 0 amide bonds. The third-order valence-electron chi connectivity index (χ3n) is 3.62. The van der Waals surface area contributed by atoms with Crippen LogP contribution in [0.25, 0.3) is 0 Å². The highest BCUT2D eigenvalue weighted by Crippen LogP contribution is 2.21. The Balaban J connectivity index is 1.79. The van der Waals surface area contributed by atoms with E-state index in [-0.39, 0.29) is 12.2 Å². The van der Waals surface area contributed by atoms with Crippen LogP contribution in [0, 0.1) is 0 Å². The van der Waals surface area contributed by atoms with Gasteiger partial charge < -0.3 is 10.4 Å². The van der Waals surface area contributed by atoms with Gasteiger partial charge in [-0.15, -0.1) is 0 Å². The van der Waals surface area contributed by atoms with E-state index in [2.05, 4.69) is 10.4 Å². The second-order valence-corrected chi connectivity index (χ2v) is 5.22. The first-order valence-electron chi connectivity index (χ1n) is 7.24. The molecular formula is C14H23N3O2. The smallest absolute Gasteiger partial charge is 0.268 e. The molecule has 1 aliphatic rings. The number of rotatable bonds is 8. The second kappa shape index (κ2) is 7.28. The minimum atomic E-state index is -0.0357. The largest absolute Gasteiger partial charge is 0.396 e. The Labute approximate surface area is 113 Å². The van der Waals surface area contributed by atoms with Gasteiger partial charge in [0.25, 0.3) is 5.56 Å². The van der Waals surface area contributed by atoms with E-state index < -0.39 is 0 Å². The Morgan fingerprint density at radius 1 is 1.32 bits per heavy atom. The molecule has 0 aliphatic heterocycles. The highest BCUT2D eigenvalue weighted by atomic mass is 16.2. The number of hydrogen-bond donors (Lipinski definition) is 2. The molecule has 1 fully saturated rings. The number of nitrogens with zero attached hydrogens (tertiary/aromatic N) is 2. The number of aromatic nitrogens is 2. The number of unbranched alkanes of at least 4 members (excludes halogenated alkanes) is 3. The molecule has 1 heterocycles. The van der Waals surface area contributed by atoms with Crippen LogP contribution in [0.5, 0.6) is 0 Å². The van der Waals surface area contributed by atoms with Crippen molar-refractivity contribution in [3.8, 4) is 0 Å². The fraction of sp³-hybridized carbons (Fsp3) is 0.714. The zero-order valence-electron chi connectivity index (χ0n) is 11.3. The molecule has 0 bridgehead atoms. The van der Waals surface area contributed by atoms with Gasteiger partial charge in [-0.25, -0.2) is 4.68 Å². The number of aliphatic hydroxyl groups is 1. The lowest BCUT2D eigenvalue weighted by Gasteiger charge is -2.27. The van der Waals surface area contributed by atoms with E-state index in [1.165, 1.54) is 23.9 Å². The van der Waals surface area contributed by atoms with E-state index in [0.717, 1.165) is 31.4 Å². The van der Waals surface area contributed by atoms with Crippen LogP contribution in [0.15, 0.2) is 17.1 Å². The maximum atomic E-state index is 11.9. The monoisotopic (exact) mass is 265 g/mol. The Hall–Kier alpha value is -1.36. The van der Waals surface area contributed by atoms with Crippen molar-refractivity contribution in [3.05, 3.63) is 22.6 Å². The summed E-state index contributed by atoms with van der Waals surface area (Å²) in [6.07, 6.45) is 9.20. The molecule has 0 atom stereocenters. The summed E-state index contributed by atoms with van der Waals surface area (Å²) in [6, 6.07) is 2.16. The van der Waals surface area contributed by atoms with Crippen molar-refractivity contribution in [1.29, 1.82) is 0 Å². The molecule has 1 aliphatic carbocycles. The van der Waals surface area contributed by atoms with E-state index in [1.807, 2.05) is 0 Å². The molecule has 2 rings (SSSR count).